The van der Waals surface area contributed by atoms with Crippen LogP contribution in [-0.4, -0.2) is 80.6 Å². The SMILES string of the molecule is C=C(C)C(=O)OC(CS(=O)(=O)[O-])C(F)(F)F.C=C(C)C(=O)Oc1c(F)c(F)c(S(=O)(=O)[O-])c(F)c1F.C=C(C)C(=O)Oc1ccc([S+](c2ccccc2)c2ccccc2)cc1.CCCCS(=O)(=O)[O-].c1ccc([S+](c2ccccc2)c2ccccc2)cc1.c1ccc([S+](c2ccccc2)c2ccccc2)cc1. The van der Waals surface area contributed by atoms with Gasteiger partial charge in [0.05, 0.1) is 58.7 Å². The summed E-state index contributed by atoms with van der Waals surface area (Å²) in [5, 5.41) is 0. The van der Waals surface area contributed by atoms with Crippen molar-refractivity contribution in [1.29, 1.82) is 0 Å². The van der Waals surface area contributed by atoms with Crippen molar-refractivity contribution in [3.63, 3.8) is 0 Å². The number of alkyl halides is 3. The maximum absolute atomic E-state index is 13.4. The number of hydrogen-bond acceptors (Lipinski definition) is 15. The van der Waals surface area contributed by atoms with Crippen LogP contribution in [0.25, 0.3) is 0 Å². The highest BCUT2D eigenvalue weighted by molar-refractivity contribution is 7.97. The van der Waals surface area contributed by atoms with Gasteiger partial charge in [-0.3, -0.25) is 0 Å². The van der Waals surface area contributed by atoms with E-state index in [9.17, 15) is 84.0 Å². The molecule has 562 valence electrons. The van der Waals surface area contributed by atoms with Crippen LogP contribution in [0.15, 0.2) is 352 Å². The fourth-order valence-electron chi connectivity index (χ4n) is 8.53. The highest BCUT2D eigenvalue weighted by Crippen LogP contribution is 2.36. The van der Waals surface area contributed by atoms with Crippen molar-refractivity contribution in [2.75, 3.05) is 11.5 Å². The highest BCUT2D eigenvalue weighted by atomic mass is 32.2. The first kappa shape index (κ1) is 87.8. The molecule has 15 nitrogen and oxygen atoms in total. The van der Waals surface area contributed by atoms with Crippen LogP contribution in [0.4, 0.5) is 30.7 Å². The first-order chi connectivity index (χ1) is 50.5. The van der Waals surface area contributed by atoms with E-state index >= 15 is 0 Å². The van der Waals surface area contributed by atoms with Gasteiger partial charge in [0.1, 0.15) is 20.8 Å². The summed E-state index contributed by atoms with van der Waals surface area (Å²) in [6, 6.07) is 92.9. The molecular formula is C79H71F7O15S6. The zero-order valence-corrected chi connectivity index (χ0v) is 62.5. The molecule has 10 aromatic carbocycles. The molecule has 0 saturated carbocycles. The molecular weight excluding hydrogens is 1510 g/mol. The predicted molar refractivity (Wildman–Crippen MR) is 394 cm³/mol. The molecule has 0 aliphatic rings. The molecule has 10 rings (SSSR count). The van der Waals surface area contributed by atoms with E-state index in [4.69, 9.17) is 4.74 Å². The average Bonchev–Trinajstić information content (AvgIpc) is 0.781. The minimum Gasteiger partial charge on any atom is -0.748 e. The van der Waals surface area contributed by atoms with Crippen molar-refractivity contribution in [1.82, 2.24) is 0 Å². The van der Waals surface area contributed by atoms with Gasteiger partial charge < -0.3 is 27.9 Å². The summed E-state index contributed by atoms with van der Waals surface area (Å²) in [6.07, 6.45) is -6.87. The molecule has 0 fully saturated rings. The second-order valence-electron chi connectivity index (χ2n) is 22.2. The fourth-order valence-corrected chi connectivity index (χ4v) is 16.7. The molecule has 10 aromatic rings. The van der Waals surface area contributed by atoms with Gasteiger partial charge in [-0.15, -0.1) is 0 Å². The van der Waals surface area contributed by atoms with E-state index in [0.717, 1.165) is 20.3 Å². The van der Waals surface area contributed by atoms with Gasteiger partial charge in [0, 0.05) is 22.5 Å². The Bertz CT molecular complexity index is 4520. The molecule has 0 bridgehead atoms. The van der Waals surface area contributed by atoms with Crippen molar-refractivity contribution in [2.45, 2.75) is 102 Å². The lowest BCUT2D eigenvalue weighted by Crippen LogP contribution is -2.39. The molecule has 0 radical (unpaired) electrons. The quantitative estimate of drug-likeness (QED) is 0.0123. The van der Waals surface area contributed by atoms with Crippen LogP contribution in [0.1, 0.15) is 40.5 Å². The van der Waals surface area contributed by atoms with Crippen LogP contribution in [-0.2, 0) is 82.2 Å². The molecule has 107 heavy (non-hydrogen) atoms. The average molecular weight is 1590 g/mol. The molecule has 28 heteroatoms. The number of halogens is 7. The summed E-state index contributed by atoms with van der Waals surface area (Å²) in [7, 11) is -15.1. The van der Waals surface area contributed by atoms with Crippen molar-refractivity contribution >= 4 is 80.9 Å². The number of ether oxygens (including phenoxy) is 3. The minimum atomic E-state index is -5.81. The van der Waals surface area contributed by atoms with Gasteiger partial charge in [0.25, 0.3) is 0 Å². The van der Waals surface area contributed by atoms with Crippen molar-refractivity contribution < 1.29 is 98.2 Å². The molecule has 1 unspecified atom stereocenters. The van der Waals surface area contributed by atoms with Gasteiger partial charge in [0.2, 0.25) is 23.5 Å². The second-order valence-corrected chi connectivity index (χ2v) is 32.5. The number of benzene rings is 10. The van der Waals surface area contributed by atoms with Crippen LogP contribution < -0.4 is 9.47 Å². The Balaban J connectivity index is 0.000000235. The van der Waals surface area contributed by atoms with Gasteiger partial charge in [-0.2, -0.15) is 22.0 Å². The number of rotatable bonds is 21. The Morgan fingerprint density at radius 1 is 0.393 bits per heavy atom. The van der Waals surface area contributed by atoms with E-state index in [0.29, 0.717) is 17.7 Å². The van der Waals surface area contributed by atoms with Gasteiger partial charge in [-0.05, 0) is 149 Å². The molecule has 0 spiro atoms. The smallest absolute Gasteiger partial charge is 0.426 e. The fraction of sp³-hybridized carbons (Fsp3) is 0.127. The summed E-state index contributed by atoms with van der Waals surface area (Å²) in [5.41, 5.74) is -0.292. The van der Waals surface area contributed by atoms with E-state index in [1.54, 1.807) is 6.92 Å². The monoisotopic (exact) mass is 1580 g/mol. The predicted octanol–water partition coefficient (Wildman–Crippen LogP) is 17.4. The molecule has 0 saturated heterocycles. The summed E-state index contributed by atoms with van der Waals surface area (Å²) in [6.45, 7) is 15.3. The molecule has 0 heterocycles. The molecule has 0 aliphatic carbocycles. The number of hydrogen-bond donors (Lipinski definition) is 0. The second kappa shape index (κ2) is 42.5. The standard InChI is InChI=1S/C22H19O2S.2C18H15S.C10H6F4O5S.C7H9F3O5S.C4H10O3S/c1-17(2)22(23)24-18-13-15-21(16-14-18)25(19-9-5-3-6-10-19)20-11-7-4-8-12-20;2*1-4-10-16(11-5-1)19(17-12-6-2-7-13-17)18-14-8-3-9-15-18;1-3(2)10(15)19-8-4(11)6(13)9(20(16,17)18)7(14)5(8)12;1-4(2)6(11)15-5(7(8,9)10)3-16(12,13)14;1-2-3-4-8(5,6)7/h3-16H,1H2,2H3;2*1-15H;1H2,2H3,(H,16,17,18);5H,1,3H2,2H3,(H,12,13,14);2-4H2,1H3,(H,5,6,7)/q3*+1;;;/p-3. The first-order valence-electron chi connectivity index (χ1n) is 31.6. The van der Waals surface area contributed by atoms with Gasteiger partial charge in [-0.1, -0.05) is 179 Å². The normalized spacial score (nSPS) is 11.3. The Hall–Kier alpha value is -9.88. The van der Waals surface area contributed by atoms with Crippen LogP contribution >= 0.6 is 0 Å². The minimum absolute atomic E-state index is 0.0146. The van der Waals surface area contributed by atoms with Crippen LogP contribution in [0.5, 0.6) is 11.5 Å². The Labute approximate surface area is 626 Å². The third-order valence-electron chi connectivity index (χ3n) is 13.5. The summed E-state index contributed by atoms with van der Waals surface area (Å²) in [5.74, 6) is -16.2. The van der Waals surface area contributed by atoms with Gasteiger partial charge in [-0.25, -0.2) is 48.4 Å². The van der Waals surface area contributed by atoms with Gasteiger partial charge >= 0.3 is 24.1 Å². The third kappa shape index (κ3) is 29.4. The maximum Gasteiger partial charge on any atom is 0.426 e. The van der Waals surface area contributed by atoms with Crippen molar-refractivity contribution in [2.24, 2.45) is 0 Å². The van der Waals surface area contributed by atoms with E-state index in [1.807, 2.05) is 43.3 Å². The lowest BCUT2D eigenvalue weighted by Gasteiger charge is -2.21. The van der Waals surface area contributed by atoms with Crippen LogP contribution in [0.2, 0.25) is 0 Å². The topological polar surface area (TPSA) is 250 Å². The van der Waals surface area contributed by atoms with E-state index in [1.165, 1.54) is 44.1 Å². The Morgan fingerprint density at radius 3 is 0.850 bits per heavy atom. The number of esters is 3. The van der Waals surface area contributed by atoms with Crippen LogP contribution in [0, 0.1) is 23.3 Å². The van der Waals surface area contributed by atoms with E-state index in [2.05, 4.69) is 260 Å². The third-order valence-corrected chi connectivity index (χ3v) is 22.5. The zero-order valence-electron chi connectivity index (χ0n) is 57.6. The zero-order chi connectivity index (χ0) is 79.1. The number of unbranched alkanes of at least 4 members (excludes halogenated alkanes) is 1. The summed E-state index contributed by atoms with van der Waals surface area (Å²) in [4.78, 5) is 43.0. The van der Waals surface area contributed by atoms with E-state index in [-0.39, 0.29) is 49.6 Å². The highest BCUT2D eigenvalue weighted by Gasteiger charge is 2.44. The summed E-state index contributed by atoms with van der Waals surface area (Å²) < 4.78 is 194. The van der Waals surface area contributed by atoms with E-state index < -0.39 is 100 Å². The maximum atomic E-state index is 13.4. The van der Waals surface area contributed by atoms with Crippen molar-refractivity contribution in [3.05, 3.63) is 327 Å². The van der Waals surface area contributed by atoms with Crippen LogP contribution in [0.3, 0.4) is 0 Å². The number of carbonyl (C=O) groups excluding carboxylic acids is 3. The lowest BCUT2D eigenvalue weighted by molar-refractivity contribution is -0.213. The Kier molecular flexibility index (Phi) is 34.8. The van der Waals surface area contributed by atoms with Crippen molar-refractivity contribution in [3.8, 4) is 11.5 Å². The largest absolute Gasteiger partial charge is 0.748 e. The van der Waals surface area contributed by atoms with Gasteiger partial charge in [0.15, 0.2) is 55.7 Å². The molecule has 0 aliphatic heterocycles. The number of carbonyl (C=O) groups is 3. The molecule has 0 N–H and O–H groups in total. The lowest BCUT2D eigenvalue weighted by atomic mass is 10.3. The molecule has 0 amide bonds. The summed E-state index contributed by atoms with van der Waals surface area (Å²) >= 11 is 0. The molecule has 0 aromatic heterocycles. The molecule has 1 atom stereocenters. The Morgan fingerprint density at radius 2 is 0.645 bits per heavy atom. The first-order valence-corrected chi connectivity index (χ1v) is 39.9.